The lowest BCUT2D eigenvalue weighted by Crippen LogP contribution is -2.51. The van der Waals surface area contributed by atoms with Crippen LogP contribution in [0.4, 0.5) is 0 Å². The van der Waals surface area contributed by atoms with Crippen LogP contribution in [0.15, 0.2) is 0 Å². The van der Waals surface area contributed by atoms with Crippen LogP contribution in [0.3, 0.4) is 0 Å². The first-order chi connectivity index (χ1) is 19.2. The molecule has 0 saturated carbocycles. The second-order valence-corrected chi connectivity index (χ2v) is 10.9. The number of nitrogens with two attached hydrogens (primary N) is 2. The van der Waals surface area contributed by atoms with Gasteiger partial charge < -0.3 is 27.2 Å². The van der Waals surface area contributed by atoms with Gasteiger partial charge in [-0.1, -0.05) is 33.6 Å². The zero-order chi connectivity index (χ0) is 31.7. The van der Waals surface area contributed by atoms with Gasteiger partial charge in [0, 0.05) is 56.9 Å². The standard InChI is InChI=1S/C29H50N4O8/c1-6-7-11-22(36)15-21(10-8-9-12-30)29(41)33-26(19(4)34)25(38)14-18(3)28(40)32-23(16-31)24(37)13-17(2)27(39)20(5)35/h17-19,21,23,26,34H,6-16,30-31H2,1-5H3,(H,32,40)(H,33,41)/t17-,18-,19-,21-,23+,26+/m1/s1. The molecule has 0 heterocycles. The predicted octanol–water partition coefficient (Wildman–Crippen LogP) is 0.539. The van der Waals surface area contributed by atoms with Crippen LogP contribution in [0.1, 0.15) is 92.4 Å². The van der Waals surface area contributed by atoms with Crippen molar-refractivity contribution in [2.24, 2.45) is 29.2 Å². The number of carbonyl (C=O) groups is 7. The largest absolute Gasteiger partial charge is 0.391 e. The maximum absolute atomic E-state index is 13.1. The van der Waals surface area contributed by atoms with Crippen LogP contribution in [-0.4, -0.2) is 77.1 Å². The number of aliphatic hydroxyl groups excluding tert-OH is 1. The van der Waals surface area contributed by atoms with Crippen molar-refractivity contribution in [2.75, 3.05) is 13.1 Å². The van der Waals surface area contributed by atoms with Gasteiger partial charge in [0.05, 0.1) is 12.1 Å². The summed E-state index contributed by atoms with van der Waals surface area (Å²) in [6, 6.07) is -2.42. The summed E-state index contributed by atoms with van der Waals surface area (Å²) in [7, 11) is 0. The van der Waals surface area contributed by atoms with Crippen molar-refractivity contribution in [2.45, 2.75) is 111 Å². The Hall–Kier alpha value is -2.83. The number of amides is 2. The molecule has 0 spiro atoms. The lowest BCUT2D eigenvalue weighted by Gasteiger charge is -2.25. The summed E-state index contributed by atoms with van der Waals surface area (Å²) >= 11 is 0. The highest BCUT2D eigenvalue weighted by Gasteiger charge is 2.32. The van der Waals surface area contributed by atoms with E-state index in [9.17, 15) is 38.7 Å². The van der Waals surface area contributed by atoms with Gasteiger partial charge in [-0.15, -0.1) is 0 Å². The van der Waals surface area contributed by atoms with E-state index in [4.69, 9.17) is 11.5 Å². The van der Waals surface area contributed by atoms with Crippen molar-refractivity contribution in [1.29, 1.82) is 0 Å². The topological polar surface area (TPSA) is 216 Å². The Morgan fingerprint density at radius 2 is 1.39 bits per heavy atom. The third-order valence-electron chi connectivity index (χ3n) is 6.99. The number of aliphatic hydroxyl groups is 1. The first kappa shape index (κ1) is 38.2. The van der Waals surface area contributed by atoms with Gasteiger partial charge in [0.1, 0.15) is 11.8 Å². The van der Waals surface area contributed by atoms with Gasteiger partial charge in [-0.3, -0.25) is 33.6 Å². The molecule has 12 nitrogen and oxygen atoms in total. The second kappa shape index (κ2) is 20.1. The molecule has 0 aliphatic carbocycles. The molecule has 0 aliphatic rings. The maximum atomic E-state index is 13.1. The molecule has 0 saturated heterocycles. The average molecular weight is 583 g/mol. The Labute approximate surface area is 243 Å². The molecule has 6 atom stereocenters. The van der Waals surface area contributed by atoms with Crippen LogP contribution in [0.5, 0.6) is 0 Å². The minimum atomic E-state index is -1.30. The number of rotatable bonds is 23. The number of carbonyl (C=O) groups excluding carboxylic acids is 7. The molecule has 0 bridgehead atoms. The number of hydrogen-bond acceptors (Lipinski definition) is 10. The molecule has 0 aliphatic heterocycles. The molecule has 12 heteroatoms. The van der Waals surface area contributed by atoms with Crippen LogP contribution in [-0.2, 0) is 33.6 Å². The minimum Gasteiger partial charge on any atom is -0.391 e. The van der Waals surface area contributed by atoms with Crippen molar-refractivity contribution < 1.29 is 38.7 Å². The summed E-state index contributed by atoms with van der Waals surface area (Å²) in [5.41, 5.74) is 11.2. The van der Waals surface area contributed by atoms with Crippen molar-refractivity contribution in [3.63, 3.8) is 0 Å². The molecule has 0 radical (unpaired) electrons. The number of unbranched alkanes of at least 4 members (excludes halogenated alkanes) is 2. The number of hydrogen-bond donors (Lipinski definition) is 5. The van der Waals surface area contributed by atoms with Gasteiger partial charge in [-0.2, -0.15) is 0 Å². The summed E-state index contributed by atoms with van der Waals surface area (Å²) < 4.78 is 0. The third-order valence-corrected chi connectivity index (χ3v) is 6.99. The normalized spacial score (nSPS) is 15.5. The Morgan fingerprint density at radius 3 is 1.90 bits per heavy atom. The highest BCUT2D eigenvalue weighted by Crippen LogP contribution is 2.17. The third kappa shape index (κ3) is 14.6. The zero-order valence-corrected chi connectivity index (χ0v) is 25.2. The van der Waals surface area contributed by atoms with E-state index in [-0.39, 0.29) is 31.6 Å². The average Bonchev–Trinajstić information content (AvgIpc) is 2.91. The molecule has 0 aromatic heterocycles. The summed E-state index contributed by atoms with van der Waals surface area (Å²) in [4.78, 5) is 86.9. The fourth-order valence-corrected chi connectivity index (χ4v) is 4.34. The van der Waals surface area contributed by atoms with Gasteiger partial charge in [-0.25, -0.2) is 0 Å². The second-order valence-electron chi connectivity index (χ2n) is 10.9. The monoisotopic (exact) mass is 582 g/mol. The molecule has 0 rings (SSSR count). The highest BCUT2D eigenvalue weighted by molar-refractivity contribution is 6.37. The molecule has 0 unspecified atom stereocenters. The molecule has 7 N–H and O–H groups in total. The van der Waals surface area contributed by atoms with Gasteiger partial charge in [0.2, 0.25) is 17.6 Å². The van der Waals surface area contributed by atoms with E-state index in [2.05, 4.69) is 10.6 Å². The molecule has 41 heavy (non-hydrogen) atoms. The van der Waals surface area contributed by atoms with Crippen molar-refractivity contribution >= 4 is 40.7 Å². The van der Waals surface area contributed by atoms with Crippen molar-refractivity contribution in [1.82, 2.24) is 10.6 Å². The van der Waals surface area contributed by atoms with Gasteiger partial charge in [-0.05, 0) is 32.7 Å². The van der Waals surface area contributed by atoms with Crippen LogP contribution in [0, 0.1) is 17.8 Å². The van der Waals surface area contributed by atoms with E-state index in [1.54, 1.807) is 0 Å². The number of nitrogens with one attached hydrogen (secondary N) is 2. The maximum Gasteiger partial charge on any atom is 0.224 e. The quantitative estimate of drug-likeness (QED) is 0.0832. The van der Waals surface area contributed by atoms with E-state index >= 15 is 0 Å². The molecular weight excluding hydrogens is 532 g/mol. The number of ketones is 5. The van der Waals surface area contributed by atoms with E-state index < -0.39 is 70.9 Å². The molecular formula is C29H50N4O8. The minimum absolute atomic E-state index is 0.0288. The van der Waals surface area contributed by atoms with Gasteiger partial charge in [0.15, 0.2) is 17.3 Å². The smallest absolute Gasteiger partial charge is 0.224 e. The van der Waals surface area contributed by atoms with Crippen molar-refractivity contribution in [3.8, 4) is 0 Å². The highest BCUT2D eigenvalue weighted by atomic mass is 16.3. The van der Waals surface area contributed by atoms with Crippen LogP contribution in [0.25, 0.3) is 0 Å². The van der Waals surface area contributed by atoms with E-state index in [0.29, 0.717) is 32.2 Å². The Bertz CT molecular complexity index is 920. The van der Waals surface area contributed by atoms with Gasteiger partial charge >= 0.3 is 0 Å². The molecule has 234 valence electrons. The fraction of sp³-hybridized carbons (Fsp3) is 0.759. The fourth-order valence-electron chi connectivity index (χ4n) is 4.34. The van der Waals surface area contributed by atoms with Crippen molar-refractivity contribution in [3.05, 3.63) is 0 Å². The molecule has 0 fully saturated rings. The van der Waals surface area contributed by atoms with E-state index in [1.165, 1.54) is 20.8 Å². The van der Waals surface area contributed by atoms with E-state index in [0.717, 1.165) is 19.8 Å². The Morgan fingerprint density at radius 1 is 0.780 bits per heavy atom. The summed E-state index contributed by atoms with van der Waals surface area (Å²) in [5.74, 6) is -6.17. The predicted molar refractivity (Wildman–Crippen MR) is 153 cm³/mol. The lowest BCUT2D eigenvalue weighted by atomic mass is 9.91. The Kier molecular flexibility index (Phi) is 18.7. The summed E-state index contributed by atoms with van der Waals surface area (Å²) in [6.07, 6.45) is 1.78. The van der Waals surface area contributed by atoms with Gasteiger partial charge in [0.25, 0.3) is 0 Å². The molecule has 2 amide bonds. The van der Waals surface area contributed by atoms with Crippen LogP contribution in [0.2, 0.25) is 0 Å². The molecule has 0 aromatic rings. The lowest BCUT2D eigenvalue weighted by molar-refractivity contribution is -0.139. The molecule has 0 aromatic carbocycles. The van der Waals surface area contributed by atoms with Crippen LogP contribution < -0.4 is 22.1 Å². The number of Topliss-reactive ketones (excluding diaryl/α,β-unsaturated/α-hetero) is 5. The Balaban J connectivity index is 5.34. The summed E-state index contributed by atoms with van der Waals surface area (Å²) in [6.45, 7) is 7.51. The SMILES string of the molecule is CCCCC(=O)C[C@@H](CCCCN)C(=O)N[C@H](C(=O)C[C@@H](C)C(=O)N[C@@H](CN)C(=O)C[C@@H](C)C(=O)C(C)=O)[C@@H](C)O. The van der Waals surface area contributed by atoms with E-state index in [1.807, 2.05) is 6.92 Å². The van der Waals surface area contributed by atoms with Crippen LogP contribution >= 0.6 is 0 Å². The zero-order valence-electron chi connectivity index (χ0n) is 25.2. The summed E-state index contributed by atoms with van der Waals surface area (Å²) in [5, 5.41) is 15.3. The first-order valence-corrected chi connectivity index (χ1v) is 14.5. The first-order valence-electron chi connectivity index (χ1n) is 14.5.